The van der Waals surface area contributed by atoms with Gasteiger partial charge in [0.2, 0.25) is 0 Å². The van der Waals surface area contributed by atoms with E-state index >= 15 is 0 Å². The number of ether oxygens (including phenoxy) is 2. The van der Waals surface area contributed by atoms with Gasteiger partial charge in [-0.15, -0.1) is 0 Å². The topological polar surface area (TPSA) is 52.6 Å². The molecular weight excluding hydrogens is 544 g/mol. The molecule has 0 bridgehead atoms. The maximum Gasteiger partial charge on any atom is 0.343 e. The highest BCUT2D eigenvalue weighted by Gasteiger charge is 2.32. The predicted octanol–water partition coefficient (Wildman–Crippen LogP) is 9.87. The largest absolute Gasteiger partial charge is 0.496 e. The van der Waals surface area contributed by atoms with Crippen molar-refractivity contribution in [3.63, 3.8) is 0 Å². The normalized spacial score (nSPS) is 12.8. The third-order valence-electron chi connectivity index (χ3n) is 8.34. The number of esters is 1. The van der Waals surface area contributed by atoms with Crippen LogP contribution in [0.3, 0.4) is 0 Å². The molecular formula is C40H44O4. The maximum atomic E-state index is 13.2. The number of rotatable bonds is 10. The molecule has 0 saturated carbocycles. The summed E-state index contributed by atoms with van der Waals surface area (Å²) in [4.78, 5) is 24.7. The number of carbonyl (C=O) groups excluding carboxylic acids is 2. The van der Waals surface area contributed by atoms with Crippen molar-refractivity contribution in [2.45, 2.75) is 67.2 Å². The average molecular weight is 589 g/mol. The number of benzene rings is 4. The molecule has 4 rings (SSSR count). The van der Waals surface area contributed by atoms with Crippen LogP contribution in [0.2, 0.25) is 0 Å². The van der Waals surface area contributed by atoms with E-state index in [1.54, 1.807) is 26.2 Å². The van der Waals surface area contributed by atoms with Crippen LogP contribution >= 0.6 is 0 Å². The molecule has 1 unspecified atom stereocenters. The van der Waals surface area contributed by atoms with Crippen LogP contribution in [0.5, 0.6) is 11.5 Å². The van der Waals surface area contributed by atoms with E-state index in [0.29, 0.717) is 22.8 Å². The van der Waals surface area contributed by atoms with Gasteiger partial charge in [-0.25, -0.2) is 4.79 Å². The van der Waals surface area contributed by atoms with Crippen molar-refractivity contribution < 1.29 is 19.1 Å². The summed E-state index contributed by atoms with van der Waals surface area (Å²) in [6.07, 6.45) is 4.93. The van der Waals surface area contributed by atoms with Gasteiger partial charge in [0, 0.05) is 11.0 Å². The van der Waals surface area contributed by atoms with Gasteiger partial charge in [-0.1, -0.05) is 93.6 Å². The smallest absolute Gasteiger partial charge is 0.343 e. The summed E-state index contributed by atoms with van der Waals surface area (Å²) in [5, 5.41) is 0. The van der Waals surface area contributed by atoms with E-state index < -0.39 is 0 Å². The lowest BCUT2D eigenvalue weighted by Crippen LogP contribution is -2.27. The highest BCUT2D eigenvalue weighted by Crippen LogP contribution is 2.42. The molecule has 0 saturated heterocycles. The molecule has 4 aromatic rings. The second kappa shape index (κ2) is 13.5. The van der Waals surface area contributed by atoms with Gasteiger partial charge in [-0.05, 0) is 104 Å². The van der Waals surface area contributed by atoms with E-state index in [0.717, 1.165) is 45.6 Å². The minimum Gasteiger partial charge on any atom is -0.496 e. The van der Waals surface area contributed by atoms with E-state index in [-0.39, 0.29) is 17.2 Å². The molecule has 228 valence electrons. The van der Waals surface area contributed by atoms with Gasteiger partial charge < -0.3 is 9.47 Å². The summed E-state index contributed by atoms with van der Waals surface area (Å²) in [5.74, 6) is 1.68. The highest BCUT2D eigenvalue weighted by molar-refractivity contribution is 5.94. The van der Waals surface area contributed by atoms with Crippen LogP contribution in [-0.4, -0.2) is 18.9 Å². The Bertz CT molecular complexity index is 1640. The standard InChI is InChI=1S/C40H44O4/c1-25(2)24-40(8,35-20-26(3)37(43-9)27(4)21-35)36-22-28(5)38(29(6)23-36)44-39(42)34-18-14-32(15-19-34)11-10-31-12-16-33(17-13-31)30(7)41/h10-23,25H,24H2,1-9H3. The van der Waals surface area contributed by atoms with E-state index in [1.807, 2.05) is 62.4 Å². The maximum absolute atomic E-state index is 13.2. The van der Waals surface area contributed by atoms with Crippen LogP contribution in [0.4, 0.5) is 0 Å². The fraction of sp³-hybridized carbons (Fsp3) is 0.300. The number of carbonyl (C=O) groups is 2. The Morgan fingerprint density at radius 1 is 0.705 bits per heavy atom. The Hall–Kier alpha value is -4.44. The summed E-state index contributed by atoms with van der Waals surface area (Å²) in [6.45, 7) is 16.6. The Labute approximate surface area is 262 Å². The first-order chi connectivity index (χ1) is 20.8. The SMILES string of the molecule is COc1c(C)cc(C(C)(CC(C)C)c2cc(C)c(OC(=O)c3ccc(C=Cc4ccc(C(C)=O)cc4)cc3)c(C)c2)cc1C. The second-order valence-corrected chi connectivity index (χ2v) is 12.5. The second-order valence-electron chi connectivity index (χ2n) is 12.5. The molecule has 0 N–H and O–H groups in total. The fourth-order valence-electron chi connectivity index (χ4n) is 6.14. The molecule has 4 nitrogen and oxygen atoms in total. The molecule has 0 aliphatic heterocycles. The first-order valence-corrected chi connectivity index (χ1v) is 15.2. The molecule has 4 heteroatoms. The van der Waals surface area contributed by atoms with Crippen LogP contribution in [0, 0.1) is 33.6 Å². The van der Waals surface area contributed by atoms with Gasteiger partial charge in [-0.3, -0.25) is 4.79 Å². The molecule has 0 fully saturated rings. The van der Waals surface area contributed by atoms with Gasteiger partial charge in [0.25, 0.3) is 0 Å². The minimum atomic E-state index is -0.384. The molecule has 0 aliphatic rings. The van der Waals surface area contributed by atoms with Crippen LogP contribution in [0.1, 0.15) is 99.3 Å². The highest BCUT2D eigenvalue weighted by atomic mass is 16.5. The third kappa shape index (κ3) is 7.19. The van der Waals surface area contributed by atoms with Crippen molar-refractivity contribution >= 4 is 23.9 Å². The molecule has 44 heavy (non-hydrogen) atoms. The molecule has 0 spiro atoms. The Kier molecular flexibility index (Phi) is 9.94. The summed E-state index contributed by atoms with van der Waals surface area (Å²) >= 11 is 0. The van der Waals surface area contributed by atoms with Gasteiger partial charge in [0.05, 0.1) is 12.7 Å². The van der Waals surface area contributed by atoms with Crippen molar-refractivity contribution in [3.8, 4) is 11.5 Å². The van der Waals surface area contributed by atoms with Crippen LogP contribution in [0.25, 0.3) is 12.2 Å². The summed E-state index contributed by atoms with van der Waals surface area (Å²) < 4.78 is 11.6. The molecule has 0 aromatic heterocycles. The number of methoxy groups -OCH3 is 1. The van der Waals surface area contributed by atoms with E-state index in [9.17, 15) is 9.59 Å². The Morgan fingerprint density at radius 3 is 1.50 bits per heavy atom. The zero-order valence-electron chi connectivity index (χ0n) is 27.5. The van der Waals surface area contributed by atoms with Crippen molar-refractivity contribution in [2.24, 2.45) is 5.92 Å². The molecule has 0 heterocycles. The van der Waals surface area contributed by atoms with Gasteiger partial charge >= 0.3 is 5.97 Å². The quantitative estimate of drug-likeness (QED) is 0.0801. The number of ketones is 1. The monoisotopic (exact) mass is 588 g/mol. The Balaban J connectivity index is 1.56. The van der Waals surface area contributed by atoms with E-state index in [1.165, 1.54) is 11.1 Å². The molecule has 4 aromatic carbocycles. The zero-order valence-corrected chi connectivity index (χ0v) is 27.5. The van der Waals surface area contributed by atoms with Crippen LogP contribution in [-0.2, 0) is 5.41 Å². The van der Waals surface area contributed by atoms with Crippen molar-refractivity contribution in [2.75, 3.05) is 7.11 Å². The number of aryl methyl sites for hydroxylation is 4. The zero-order chi connectivity index (χ0) is 32.2. The summed E-state index contributed by atoms with van der Waals surface area (Å²) in [7, 11) is 1.72. The molecule has 0 amide bonds. The fourth-order valence-corrected chi connectivity index (χ4v) is 6.14. The number of Topliss-reactive ketones (excluding diaryl/α,β-unsaturated/α-hetero) is 1. The lowest BCUT2D eigenvalue weighted by Gasteiger charge is -2.34. The predicted molar refractivity (Wildman–Crippen MR) is 181 cm³/mol. The molecule has 1 atom stereocenters. The van der Waals surface area contributed by atoms with Crippen LogP contribution in [0.15, 0.2) is 72.8 Å². The first kappa shape index (κ1) is 32.5. The Morgan fingerprint density at radius 2 is 1.11 bits per heavy atom. The number of hydrogen-bond donors (Lipinski definition) is 0. The van der Waals surface area contributed by atoms with Gasteiger partial charge in [0.1, 0.15) is 11.5 Å². The molecule has 0 radical (unpaired) electrons. The lowest BCUT2D eigenvalue weighted by atomic mass is 9.70. The van der Waals surface area contributed by atoms with E-state index in [4.69, 9.17) is 9.47 Å². The summed E-state index contributed by atoms with van der Waals surface area (Å²) in [6, 6.07) is 23.7. The average Bonchev–Trinajstić information content (AvgIpc) is 2.97. The third-order valence-corrected chi connectivity index (χ3v) is 8.34. The van der Waals surface area contributed by atoms with Gasteiger partial charge in [-0.2, -0.15) is 0 Å². The lowest BCUT2D eigenvalue weighted by molar-refractivity contribution is 0.0732. The van der Waals surface area contributed by atoms with Crippen LogP contribution < -0.4 is 9.47 Å². The van der Waals surface area contributed by atoms with Crippen molar-refractivity contribution in [1.82, 2.24) is 0 Å². The van der Waals surface area contributed by atoms with Crippen molar-refractivity contribution in [1.29, 1.82) is 0 Å². The first-order valence-electron chi connectivity index (χ1n) is 15.2. The minimum absolute atomic E-state index is 0.0487. The van der Waals surface area contributed by atoms with Gasteiger partial charge in [0.15, 0.2) is 5.78 Å². The number of hydrogen-bond acceptors (Lipinski definition) is 4. The van der Waals surface area contributed by atoms with Crippen molar-refractivity contribution in [3.05, 3.63) is 128 Å². The summed E-state index contributed by atoms with van der Waals surface area (Å²) in [5.41, 5.74) is 9.49. The van der Waals surface area contributed by atoms with E-state index in [2.05, 4.69) is 58.9 Å². The molecule has 0 aliphatic carbocycles.